The van der Waals surface area contributed by atoms with Crippen LogP contribution in [0.2, 0.25) is 0 Å². The lowest BCUT2D eigenvalue weighted by atomic mass is 10.2. The van der Waals surface area contributed by atoms with Gasteiger partial charge in [-0.25, -0.2) is 9.18 Å². The van der Waals surface area contributed by atoms with Crippen molar-refractivity contribution in [1.82, 2.24) is 4.90 Å². The first-order valence-electron chi connectivity index (χ1n) is 10.3. The summed E-state index contributed by atoms with van der Waals surface area (Å²) in [6.45, 7) is 6.66. The number of hydrogen-bond acceptors (Lipinski definition) is 7. The highest BCUT2D eigenvalue weighted by atomic mass is 32.2. The van der Waals surface area contributed by atoms with Gasteiger partial charge in [0.25, 0.3) is 10.0 Å². The van der Waals surface area contributed by atoms with E-state index in [9.17, 15) is 17.6 Å². The lowest BCUT2D eigenvalue weighted by Gasteiger charge is -2.37. The second kappa shape index (κ2) is 7.94. The van der Waals surface area contributed by atoms with Gasteiger partial charge in [-0.05, 0) is 45.7 Å². The Kier molecular flexibility index (Phi) is 5.59. The number of halogens is 1. The molecule has 0 aromatic heterocycles. The fourth-order valence-electron chi connectivity index (χ4n) is 3.53. The van der Waals surface area contributed by atoms with Crippen LogP contribution >= 0.6 is 0 Å². The Balaban J connectivity index is 1.55. The molecule has 3 aliphatic rings. The van der Waals surface area contributed by atoms with Crippen LogP contribution in [0.15, 0.2) is 21.4 Å². The number of nitrogens with zero attached hydrogens (tertiary/aromatic N) is 2. The first-order valence-corrected chi connectivity index (χ1v) is 11.7. The minimum Gasteiger partial charge on any atom is -0.444 e. The van der Waals surface area contributed by atoms with Gasteiger partial charge in [0, 0.05) is 19.0 Å². The van der Waals surface area contributed by atoms with Crippen molar-refractivity contribution in [3.63, 3.8) is 0 Å². The lowest BCUT2D eigenvalue weighted by Crippen LogP contribution is -2.53. The van der Waals surface area contributed by atoms with Gasteiger partial charge in [-0.2, -0.15) is 8.42 Å². The van der Waals surface area contributed by atoms with Gasteiger partial charge in [0.2, 0.25) is 0 Å². The molecule has 1 aromatic carbocycles. The van der Waals surface area contributed by atoms with Crippen molar-refractivity contribution in [2.45, 2.75) is 50.2 Å². The molecule has 0 radical (unpaired) electrons. The number of morpholine rings is 1. The molecule has 9 nitrogen and oxygen atoms in total. The number of hydrogen-bond donors (Lipinski definition) is 2. The van der Waals surface area contributed by atoms with Gasteiger partial charge < -0.3 is 20.1 Å². The Bertz CT molecular complexity index is 1020. The van der Waals surface area contributed by atoms with Crippen LogP contribution in [0.3, 0.4) is 0 Å². The summed E-state index contributed by atoms with van der Waals surface area (Å²) in [7, 11) is -3.99. The van der Waals surface area contributed by atoms with E-state index in [1.165, 1.54) is 6.07 Å². The molecule has 1 aliphatic carbocycles. The topological polar surface area (TPSA) is 109 Å². The average molecular weight is 455 g/mol. The average Bonchev–Trinajstić information content (AvgIpc) is 3.50. The largest absolute Gasteiger partial charge is 0.444 e. The van der Waals surface area contributed by atoms with Crippen molar-refractivity contribution in [3.8, 4) is 0 Å². The summed E-state index contributed by atoms with van der Waals surface area (Å²) < 4.78 is 54.2. The van der Waals surface area contributed by atoms with E-state index in [0.717, 1.165) is 18.9 Å². The number of nitrogens with one attached hydrogen (secondary N) is 2. The quantitative estimate of drug-likeness (QED) is 0.720. The molecule has 11 heteroatoms. The predicted octanol–water partition coefficient (Wildman–Crippen LogP) is 2.80. The number of fused-ring (bicyclic) bond motifs is 1. The van der Waals surface area contributed by atoms with Crippen LogP contribution in [0.25, 0.3) is 0 Å². The highest BCUT2D eigenvalue weighted by Crippen LogP contribution is 2.40. The molecule has 4 rings (SSSR count). The summed E-state index contributed by atoms with van der Waals surface area (Å²) in [6, 6.07) is 1.84. The number of sulfonamides is 1. The summed E-state index contributed by atoms with van der Waals surface area (Å²) in [5, 5.41) is 6.17. The number of benzene rings is 1. The Hall–Kier alpha value is -2.40. The fourth-order valence-corrected chi connectivity index (χ4v) is 4.76. The number of ether oxygens (including phenoxy) is 2. The van der Waals surface area contributed by atoms with Crippen molar-refractivity contribution in [2.24, 2.45) is 10.3 Å². The number of amidine groups is 1. The molecule has 170 valence electrons. The molecule has 2 heterocycles. The van der Waals surface area contributed by atoms with Gasteiger partial charge in [-0.3, -0.25) is 4.90 Å². The summed E-state index contributed by atoms with van der Waals surface area (Å²) in [5.74, 6) is -0.227. The van der Waals surface area contributed by atoms with Crippen LogP contribution in [0, 0.1) is 11.7 Å². The SMILES string of the molecule is CC(C)(C)OC(=O)N1CCOCC1CNc1cc(F)cc2c1NC(C1CC1)=NS2(=O)=O. The van der Waals surface area contributed by atoms with Crippen molar-refractivity contribution < 1.29 is 27.1 Å². The molecule has 0 bridgehead atoms. The molecule has 1 saturated carbocycles. The molecular weight excluding hydrogens is 427 g/mol. The van der Waals surface area contributed by atoms with Crippen LogP contribution in [0.5, 0.6) is 0 Å². The number of carbonyl (C=O) groups excluding carboxylic acids is 1. The van der Waals surface area contributed by atoms with Crippen molar-refractivity contribution >= 4 is 33.3 Å². The highest BCUT2D eigenvalue weighted by Gasteiger charge is 2.36. The Labute approximate surface area is 181 Å². The third kappa shape index (κ3) is 4.93. The third-order valence-electron chi connectivity index (χ3n) is 5.16. The van der Waals surface area contributed by atoms with E-state index in [4.69, 9.17) is 9.47 Å². The fraction of sp³-hybridized carbons (Fsp3) is 0.600. The Morgan fingerprint density at radius 2 is 2.13 bits per heavy atom. The summed E-state index contributed by atoms with van der Waals surface area (Å²) in [5.41, 5.74) is -0.0635. The first-order chi connectivity index (χ1) is 14.5. The Morgan fingerprint density at radius 3 is 2.81 bits per heavy atom. The van der Waals surface area contributed by atoms with Gasteiger partial charge in [-0.1, -0.05) is 0 Å². The maximum absolute atomic E-state index is 14.2. The van der Waals surface area contributed by atoms with Crippen LogP contribution in [-0.4, -0.2) is 63.2 Å². The number of rotatable bonds is 4. The lowest BCUT2D eigenvalue weighted by molar-refractivity contribution is -0.0290. The number of carbonyl (C=O) groups is 1. The molecule has 2 aliphatic heterocycles. The molecule has 1 saturated heterocycles. The zero-order chi connectivity index (χ0) is 22.4. The van der Waals surface area contributed by atoms with Crippen molar-refractivity contribution in [2.75, 3.05) is 36.9 Å². The van der Waals surface area contributed by atoms with Gasteiger partial charge in [0.1, 0.15) is 22.1 Å². The monoisotopic (exact) mass is 454 g/mol. The van der Waals surface area contributed by atoms with Gasteiger partial charge in [0.05, 0.1) is 30.6 Å². The molecule has 1 atom stereocenters. The Morgan fingerprint density at radius 1 is 1.39 bits per heavy atom. The molecule has 1 unspecified atom stereocenters. The van der Waals surface area contributed by atoms with E-state index in [1.54, 1.807) is 25.7 Å². The molecule has 1 amide bonds. The normalized spacial score (nSPS) is 22.8. The van der Waals surface area contributed by atoms with Crippen molar-refractivity contribution in [3.05, 3.63) is 17.9 Å². The minimum atomic E-state index is -3.99. The van der Waals surface area contributed by atoms with Crippen LogP contribution in [-0.2, 0) is 19.5 Å². The van der Waals surface area contributed by atoms with E-state index in [-0.39, 0.29) is 35.7 Å². The second-order valence-corrected chi connectivity index (χ2v) is 10.5. The first kappa shape index (κ1) is 21.8. The third-order valence-corrected chi connectivity index (χ3v) is 6.48. The zero-order valence-corrected chi connectivity index (χ0v) is 18.6. The van der Waals surface area contributed by atoms with Gasteiger partial charge in [-0.15, -0.1) is 4.40 Å². The minimum absolute atomic E-state index is 0.0789. The molecular formula is C20H27FN4O5S. The zero-order valence-electron chi connectivity index (χ0n) is 17.8. The second-order valence-electron chi connectivity index (χ2n) is 8.96. The van der Waals surface area contributed by atoms with Gasteiger partial charge in [0.15, 0.2) is 0 Å². The molecule has 0 spiro atoms. The molecule has 2 fully saturated rings. The predicted molar refractivity (Wildman–Crippen MR) is 113 cm³/mol. The van der Waals surface area contributed by atoms with Crippen molar-refractivity contribution in [1.29, 1.82) is 0 Å². The molecule has 1 aromatic rings. The van der Waals surface area contributed by atoms with Crippen LogP contribution in [0.1, 0.15) is 33.6 Å². The van der Waals surface area contributed by atoms with E-state index in [0.29, 0.717) is 24.7 Å². The molecule has 31 heavy (non-hydrogen) atoms. The maximum Gasteiger partial charge on any atom is 0.410 e. The van der Waals surface area contributed by atoms with E-state index < -0.39 is 27.5 Å². The number of amides is 1. The standard InChI is InChI=1S/C20H27FN4O5S/c1-20(2,3)30-19(26)25-6-7-29-11-14(25)10-22-15-8-13(21)9-16-17(15)23-18(12-4-5-12)24-31(16,27)28/h8-9,12,14,22H,4-7,10-11H2,1-3H3,(H,23,24). The summed E-state index contributed by atoms with van der Waals surface area (Å²) in [6.07, 6.45) is 1.28. The maximum atomic E-state index is 14.2. The highest BCUT2D eigenvalue weighted by molar-refractivity contribution is 7.90. The summed E-state index contributed by atoms with van der Waals surface area (Å²) >= 11 is 0. The van der Waals surface area contributed by atoms with E-state index in [1.807, 2.05) is 0 Å². The van der Waals surface area contributed by atoms with Gasteiger partial charge >= 0.3 is 6.09 Å². The van der Waals surface area contributed by atoms with Crippen LogP contribution < -0.4 is 10.6 Å². The smallest absolute Gasteiger partial charge is 0.410 e. The van der Waals surface area contributed by atoms with E-state index in [2.05, 4.69) is 15.0 Å². The van der Waals surface area contributed by atoms with E-state index >= 15 is 0 Å². The summed E-state index contributed by atoms with van der Waals surface area (Å²) in [4.78, 5) is 14.0. The molecule has 2 N–H and O–H groups in total. The number of anilines is 2. The van der Waals surface area contributed by atoms with Crippen LogP contribution in [0.4, 0.5) is 20.6 Å².